The summed E-state index contributed by atoms with van der Waals surface area (Å²) in [6, 6.07) is 14.5. The minimum atomic E-state index is -3.65. The molecule has 2 aliphatic rings. The highest BCUT2D eigenvalue weighted by molar-refractivity contribution is 5.90. The second-order valence-electron chi connectivity index (χ2n) is 6.35. The van der Waals surface area contributed by atoms with E-state index in [9.17, 15) is 8.78 Å². The smallest absolute Gasteiger partial charge is 0.395 e. The van der Waals surface area contributed by atoms with Crippen molar-refractivity contribution in [2.24, 2.45) is 0 Å². The third-order valence-electron chi connectivity index (χ3n) is 4.48. The van der Waals surface area contributed by atoms with E-state index in [0.29, 0.717) is 11.3 Å². The lowest BCUT2D eigenvalue weighted by Gasteiger charge is -2.20. The molecule has 28 heavy (non-hydrogen) atoms. The highest BCUT2D eigenvalue weighted by Crippen LogP contribution is 2.44. The van der Waals surface area contributed by atoms with Gasteiger partial charge in [-0.2, -0.15) is 0 Å². The van der Waals surface area contributed by atoms with Gasteiger partial charge in [0.15, 0.2) is 11.5 Å². The number of anilines is 1. The lowest BCUT2D eigenvalue weighted by atomic mass is 10.1. The summed E-state index contributed by atoms with van der Waals surface area (Å²) in [7, 11) is 0. The largest absolute Gasteiger partial charge is 0.586 e. The Bertz CT molecular complexity index is 1150. The quantitative estimate of drug-likeness (QED) is 0.581. The monoisotopic (exact) mass is 376 g/mol. The number of aromatic nitrogens is 1. The predicted octanol–water partition coefficient (Wildman–Crippen LogP) is 5.63. The lowest BCUT2D eigenvalue weighted by Crippen LogP contribution is -2.25. The Kier molecular flexibility index (Phi) is 3.65. The van der Waals surface area contributed by atoms with E-state index < -0.39 is 6.29 Å². The molecule has 0 unspecified atom stereocenters. The van der Waals surface area contributed by atoms with E-state index in [1.165, 1.54) is 12.1 Å². The van der Waals surface area contributed by atoms with E-state index in [1.54, 1.807) is 6.07 Å². The van der Waals surface area contributed by atoms with Crippen molar-refractivity contribution in [3.05, 3.63) is 85.2 Å². The highest BCUT2D eigenvalue weighted by atomic mass is 19.3. The molecule has 6 heteroatoms. The molecular formula is C22H14F2N2O2. The average molecular weight is 376 g/mol. The number of rotatable bonds is 2. The second-order valence-corrected chi connectivity index (χ2v) is 6.35. The van der Waals surface area contributed by atoms with Crippen molar-refractivity contribution in [2.75, 3.05) is 4.90 Å². The molecule has 0 amide bonds. The number of pyridine rings is 1. The Morgan fingerprint density at radius 2 is 1.57 bits per heavy atom. The van der Waals surface area contributed by atoms with E-state index in [-0.39, 0.29) is 11.5 Å². The van der Waals surface area contributed by atoms with Crippen molar-refractivity contribution in [1.82, 2.24) is 4.98 Å². The van der Waals surface area contributed by atoms with Gasteiger partial charge in [0.2, 0.25) is 0 Å². The van der Waals surface area contributed by atoms with Crippen molar-refractivity contribution in [3.63, 3.8) is 0 Å². The molecule has 2 aliphatic heterocycles. The summed E-state index contributed by atoms with van der Waals surface area (Å²) < 4.78 is 35.9. The molecule has 0 spiro atoms. The van der Waals surface area contributed by atoms with Crippen LogP contribution in [0.2, 0.25) is 0 Å². The summed E-state index contributed by atoms with van der Waals surface area (Å²) >= 11 is 0. The molecule has 3 aromatic rings. The van der Waals surface area contributed by atoms with Crippen LogP contribution in [-0.2, 0) is 0 Å². The standard InChI is InChI=1S/C22H14F2N2O2/c23-22(24)27-19-10-9-16(14-20(19)28-22)21-18(26-11-5-1-2-6-12-26)13-15-7-3-4-8-17(15)25-21/h1-14H. The molecule has 138 valence electrons. The number of allylic oxidation sites excluding steroid dienone is 4. The van der Waals surface area contributed by atoms with E-state index in [0.717, 1.165) is 16.6 Å². The number of para-hydroxylation sites is 1. The van der Waals surface area contributed by atoms with Crippen LogP contribution in [0.5, 0.6) is 11.5 Å². The van der Waals surface area contributed by atoms with Crippen LogP contribution in [0.1, 0.15) is 0 Å². The molecule has 0 saturated heterocycles. The van der Waals surface area contributed by atoms with Crippen LogP contribution in [0.25, 0.3) is 22.2 Å². The summed E-state index contributed by atoms with van der Waals surface area (Å²) in [5.41, 5.74) is 2.93. The van der Waals surface area contributed by atoms with Crippen LogP contribution < -0.4 is 14.4 Å². The summed E-state index contributed by atoms with van der Waals surface area (Å²) in [4.78, 5) is 6.74. The summed E-state index contributed by atoms with van der Waals surface area (Å²) in [6.45, 7) is 0. The molecule has 0 bridgehead atoms. The Balaban J connectivity index is 1.69. The van der Waals surface area contributed by atoms with Crippen molar-refractivity contribution in [1.29, 1.82) is 0 Å². The fourth-order valence-corrected chi connectivity index (χ4v) is 3.23. The molecule has 1 aromatic heterocycles. The Hall–Kier alpha value is -3.67. The van der Waals surface area contributed by atoms with Gasteiger partial charge in [0.25, 0.3) is 0 Å². The van der Waals surface area contributed by atoms with Crippen LogP contribution in [0.4, 0.5) is 14.5 Å². The van der Waals surface area contributed by atoms with Crippen molar-refractivity contribution in [3.8, 4) is 22.8 Å². The number of benzene rings is 2. The molecule has 5 rings (SSSR count). The molecule has 3 heterocycles. The fraction of sp³-hybridized carbons (Fsp3) is 0.0455. The van der Waals surface area contributed by atoms with Crippen LogP contribution in [0, 0.1) is 0 Å². The van der Waals surface area contributed by atoms with Gasteiger partial charge in [0.05, 0.1) is 16.9 Å². The molecule has 0 radical (unpaired) electrons. The Morgan fingerprint density at radius 3 is 2.39 bits per heavy atom. The summed E-state index contributed by atoms with van der Waals surface area (Å²) in [6.07, 6.45) is 7.86. The van der Waals surface area contributed by atoms with E-state index >= 15 is 0 Å². The van der Waals surface area contributed by atoms with Gasteiger partial charge in [-0.1, -0.05) is 30.4 Å². The number of ether oxygens (including phenoxy) is 2. The van der Waals surface area contributed by atoms with Crippen LogP contribution in [0.3, 0.4) is 0 Å². The Labute approximate surface area is 159 Å². The number of alkyl halides is 2. The molecule has 0 fully saturated rings. The van der Waals surface area contributed by atoms with Crippen LogP contribution >= 0.6 is 0 Å². The van der Waals surface area contributed by atoms with Gasteiger partial charge < -0.3 is 14.4 Å². The third-order valence-corrected chi connectivity index (χ3v) is 4.48. The van der Waals surface area contributed by atoms with Crippen molar-refractivity contribution in [2.45, 2.75) is 6.29 Å². The zero-order chi connectivity index (χ0) is 19.1. The molecular weight excluding hydrogens is 362 g/mol. The zero-order valence-corrected chi connectivity index (χ0v) is 14.5. The fourth-order valence-electron chi connectivity index (χ4n) is 3.23. The average Bonchev–Trinajstić information content (AvgIpc) is 2.85. The first kappa shape index (κ1) is 16.5. The first-order chi connectivity index (χ1) is 13.6. The van der Waals surface area contributed by atoms with Crippen molar-refractivity contribution < 1.29 is 18.3 Å². The number of hydrogen-bond donors (Lipinski definition) is 0. The normalized spacial score (nSPS) is 16.6. The third kappa shape index (κ3) is 2.89. The molecule has 0 aliphatic carbocycles. The van der Waals surface area contributed by atoms with E-state index in [2.05, 4.69) is 9.47 Å². The molecule has 4 nitrogen and oxygen atoms in total. The number of fused-ring (bicyclic) bond motifs is 2. The second kappa shape index (κ2) is 6.20. The predicted molar refractivity (Wildman–Crippen MR) is 103 cm³/mol. The SMILES string of the molecule is FC1(F)Oc2ccc(-c3nc4ccccc4cc3N3C=CC=CC=C3)cc2O1. The van der Waals surface area contributed by atoms with Crippen LogP contribution in [0.15, 0.2) is 85.2 Å². The Morgan fingerprint density at radius 1 is 0.821 bits per heavy atom. The first-order valence-corrected chi connectivity index (χ1v) is 8.69. The number of halogens is 2. The zero-order valence-electron chi connectivity index (χ0n) is 14.5. The minimum absolute atomic E-state index is 0.00738. The van der Waals surface area contributed by atoms with Gasteiger partial charge in [0.1, 0.15) is 0 Å². The number of hydrogen-bond acceptors (Lipinski definition) is 4. The van der Waals surface area contributed by atoms with Gasteiger partial charge in [-0.25, -0.2) is 4.98 Å². The van der Waals surface area contributed by atoms with Gasteiger partial charge in [-0.3, -0.25) is 0 Å². The molecule has 2 aromatic carbocycles. The summed E-state index contributed by atoms with van der Waals surface area (Å²) in [5, 5.41) is 0.979. The van der Waals surface area contributed by atoms with Crippen molar-refractivity contribution >= 4 is 16.6 Å². The van der Waals surface area contributed by atoms with Crippen LogP contribution in [-0.4, -0.2) is 11.3 Å². The molecule has 0 saturated carbocycles. The van der Waals surface area contributed by atoms with Gasteiger partial charge >= 0.3 is 6.29 Å². The molecule has 0 atom stereocenters. The molecule has 0 N–H and O–H groups in total. The maximum absolute atomic E-state index is 13.4. The van der Waals surface area contributed by atoms with E-state index in [1.807, 2.05) is 71.9 Å². The minimum Gasteiger partial charge on any atom is -0.395 e. The summed E-state index contributed by atoms with van der Waals surface area (Å²) in [5.74, 6) is 0.00174. The van der Waals surface area contributed by atoms with Gasteiger partial charge in [0, 0.05) is 23.3 Å². The van der Waals surface area contributed by atoms with E-state index in [4.69, 9.17) is 4.98 Å². The topological polar surface area (TPSA) is 34.6 Å². The maximum Gasteiger partial charge on any atom is 0.586 e. The maximum atomic E-state index is 13.4. The first-order valence-electron chi connectivity index (χ1n) is 8.69. The number of nitrogens with zero attached hydrogens (tertiary/aromatic N) is 2. The lowest BCUT2D eigenvalue weighted by molar-refractivity contribution is -0.286. The van der Waals surface area contributed by atoms with Gasteiger partial charge in [-0.05, 0) is 42.5 Å². The highest BCUT2D eigenvalue weighted by Gasteiger charge is 2.43. The van der Waals surface area contributed by atoms with Gasteiger partial charge in [-0.15, -0.1) is 8.78 Å².